The van der Waals surface area contributed by atoms with Crippen LogP contribution >= 0.6 is 0 Å². The standard InChI is InChI=1S/C49H70O7/c1-5-9-13-40(51)48(55-42(53)11-7-3)31-27-46(28-32-48,44-21-15-37(16-22-44)17-23-44)35-39(50)36-47(45-24-18-38(19-25-45)20-26-45)29-33-49(34-30-47,41(52)14-10-6-2)56-43(54)12-8-4/h27-34,37-38H,5-26,35-36H2,1-4H3. The molecule has 4 bridgehead atoms. The number of fused-ring (bicyclic) bond motifs is 6. The Bertz CT molecular complexity index is 1420. The summed E-state index contributed by atoms with van der Waals surface area (Å²) in [7, 11) is 0. The number of carbonyl (C=O) groups is 5. The van der Waals surface area contributed by atoms with Crippen molar-refractivity contribution >= 4 is 29.3 Å². The Hall–Kier alpha value is -3.09. The number of ether oxygens (including phenoxy) is 2. The largest absolute Gasteiger partial charge is 0.442 e. The maximum atomic E-state index is 15.2. The van der Waals surface area contributed by atoms with Crippen LogP contribution in [-0.4, -0.2) is 40.5 Å². The number of unbranched alkanes of at least 4 members (excludes halogenated alkanes) is 2. The van der Waals surface area contributed by atoms with Gasteiger partial charge in [-0.2, -0.15) is 0 Å². The molecule has 0 unspecified atom stereocenters. The van der Waals surface area contributed by atoms with Crippen LogP contribution in [0.1, 0.15) is 182 Å². The fourth-order valence-electron chi connectivity index (χ4n) is 11.8. The molecule has 0 radical (unpaired) electrons. The van der Waals surface area contributed by atoms with Crippen LogP contribution < -0.4 is 0 Å². The molecule has 0 heterocycles. The summed E-state index contributed by atoms with van der Waals surface area (Å²) in [4.78, 5) is 68.9. The first-order chi connectivity index (χ1) is 26.9. The van der Waals surface area contributed by atoms with E-state index in [1.54, 1.807) is 0 Å². The molecule has 8 aliphatic carbocycles. The minimum Gasteiger partial charge on any atom is -0.442 e. The molecule has 56 heavy (non-hydrogen) atoms. The smallest absolute Gasteiger partial charge is 0.307 e. The van der Waals surface area contributed by atoms with Crippen molar-refractivity contribution in [2.24, 2.45) is 33.5 Å². The Morgan fingerprint density at radius 1 is 0.464 bits per heavy atom. The zero-order chi connectivity index (χ0) is 40.1. The highest BCUT2D eigenvalue weighted by atomic mass is 16.6. The fourth-order valence-corrected chi connectivity index (χ4v) is 11.8. The van der Waals surface area contributed by atoms with E-state index in [1.165, 1.54) is 0 Å². The molecule has 0 atom stereocenters. The van der Waals surface area contributed by atoms with Crippen LogP contribution in [0.5, 0.6) is 0 Å². The third-order valence-corrected chi connectivity index (χ3v) is 15.5. The average molecular weight is 771 g/mol. The maximum absolute atomic E-state index is 15.2. The van der Waals surface area contributed by atoms with Gasteiger partial charge in [0, 0.05) is 49.4 Å². The van der Waals surface area contributed by atoms with Crippen molar-refractivity contribution in [1.82, 2.24) is 0 Å². The van der Waals surface area contributed by atoms with E-state index in [-0.39, 0.29) is 53.0 Å². The van der Waals surface area contributed by atoms with Gasteiger partial charge in [-0.15, -0.1) is 0 Å². The van der Waals surface area contributed by atoms with E-state index in [0.29, 0.717) is 38.5 Å². The summed E-state index contributed by atoms with van der Waals surface area (Å²) in [5.74, 6) is 0.657. The Morgan fingerprint density at radius 2 is 0.786 bits per heavy atom. The molecular formula is C49H70O7. The summed E-state index contributed by atoms with van der Waals surface area (Å²) in [6.07, 6.45) is 35.1. The van der Waals surface area contributed by atoms with Crippen LogP contribution in [0.15, 0.2) is 48.6 Å². The van der Waals surface area contributed by atoms with Gasteiger partial charge in [0.05, 0.1) is 0 Å². The maximum Gasteiger partial charge on any atom is 0.307 e. The van der Waals surface area contributed by atoms with Crippen molar-refractivity contribution in [3.63, 3.8) is 0 Å². The molecule has 6 saturated carbocycles. The summed E-state index contributed by atoms with van der Waals surface area (Å²) < 4.78 is 12.1. The van der Waals surface area contributed by atoms with E-state index < -0.39 is 22.0 Å². The molecule has 0 amide bonds. The summed E-state index contributed by atoms with van der Waals surface area (Å²) in [5, 5.41) is 0. The molecule has 8 aliphatic rings. The molecule has 0 saturated heterocycles. The molecule has 0 aliphatic heterocycles. The van der Waals surface area contributed by atoms with E-state index in [0.717, 1.165) is 115 Å². The summed E-state index contributed by atoms with van der Waals surface area (Å²) >= 11 is 0. The molecule has 0 aromatic carbocycles. The second-order valence-electron chi connectivity index (χ2n) is 18.9. The number of rotatable bonds is 20. The van der Waals surface area contributed by atoms with Crippen molar-refractivity contribution in [2.45, 2.75) is 193 Å². The summed E-state index contributed by atoms with van der Waals surface area (Å²) in [6, 6.07) is 0. The van der Waals surface area contributed by atoms with E-state index in [4.69, 9.17) is 9.47 Å². The number of Topliss-reactive ketones (excluding diaryl/α,β-unsaturated/α-hetero) is 3. The zero-order valence-electron chi connectivity index (χ0n) is 35.1. The number of carbonyl (C=O) groups excluding carboxylic acids is 5. The third kappa shape index (κ3) is 8.13. The number of hydrogen-bond donors (Lipinski definition) is 0. The van der Waals surface area contributed by atoms with Gasteiger partial charge in [0.2, 0.25) is 11.2 Å². The molecular weight excluding hydrogens is 701 g/mol. The number of allylic oxidation sites excluding steroid dienone is 4. The lowest BCUT2D eigenvalue weighted by atomic mass is 9.46. The highest BCUT2D eigenvalue weighted by Gasteiger charge is 2.58. The highest BCUT2D eigenvalue weighted by Crippen LogP contribution is 2.65. The zero-order valence-corrected chi connectivity index (χ0v) is 35.1. The van der Waals surface area contributed by atoms with Crippen LogP contribution in [0.2, 0.25) is 0 Å². The fraction of sp³-hybridized carbons (Fsp3) is 0.735. The van der Waals surface area contributed by atoms with Crippen LogP contribution in [0, 0.1) is 33.5 Å². The van der Waals surface area contributed by atoms with Gasteiger partial charge in [-0.3, -0.25) is 24.0 Å². The van der Waals surface area contributed by atoms with Crippen LogP contribution in [0.4, 0.5) is 0 Å². The molecule has 0 aromatic heterocycles. The van der Waals surface area contributed by atoms with Gasteiger partial charge in [-0.25, -0.2) is 0 Å². The second-order valence-corrected chi connectivity index (χ2v) is 18.9. The van der Waals surface area contributed by atoms with E-state index in [1.807, 2.05) is 38.2 Å². The van der Waals surface area contributed by atoms with E-state index >= 15 is 4.79 Å². The number of ketones is 3. The molecule has 7 nitrogen and oxygen atoms in total. The summed E-state index contributed by atoms with van der Waals surface area (Å²) in [6.45, 7) is 7.96. The van der Waals surface area contributed by atoms with Gasteiger partial charge in [-0.05, 0) is 150 Å². The van der Waals surface area contributed by atoms with Gasteiger partial charge in [0.15, 0.2) is 11.6 Å². The van der Waals surface area contributed by atoms with Gasteiger partial charge in [-0.1, -0.05) is 64.8 Å². The quantitative estimate of drug-likeness (QED) is 0.0896. The Labute approximate surface area is 336 Å². The van der Waals surface area contributed by atoms with E-state index in [2.05, 4.69) is 38.2 Å². The van der Waals surface area contributed by atoms with Crippen LogP contribution in [0.3, 0.4) is 0 Å². The van der Waals surface area contributed by atoms with Crippen LogP contribution in [0.25, 0.3) is 0 Å². The topological polar surface area (TPSA) is 104 Å². The van der Waals surface area contributed by atoms with Crippen molar-refractivity contribution in [2.75, 3.05) is 0 Å². The van der Waals surface area contributed by atoms with Crippen molar-refractivity contribution in [3.8, 4) is 0 Å². The lowest BCUT2D eigenvalue weighted by molar-refractivity contribution is -0.159. The first kappa shape index (κ1) is 42.5. The van der Waals surface area contributed by atoms with Crippen molar-refractivity contribution < 1.29 is 33.4 Å². The average Bonchev–Trinajstić information content (AvgIpc) is 3.22. The minimum atomic E-state index is -1.45. The Morgan fingerprint density at radius 3 is 1.07 bits per heavy atom. The SMILES string of the molecule is CCCCC(=O)C1(OC(=O)CCC)C=CC(CC(=O)CC2(C34CCC(CC3)CC4)C=CC(OC(=O)CCC)(C(=O)CCCC)C=C2)(C23CCC(CC2)CC3)C=C1. The first-order valence-corrected chi connectivity index (χ1v) is 22.7. The Kier molecular flexibility index (Phi) is 13.2. The van der Waals surface area contributed by atoms with Crippen molar-refractivity contribution in [1.29, 1.82) is 0 Å². The molecule has 0 spiro atoms. The monoisotopic (exact) mass is 771 g/mol. The third-order valence-electron chi connectivity index (χ3n) is 15.5. The minimum absolute atomic E-state index is 0.110. The molecule has 8 rings (SSSR count). The van der Waals surface area contributed by atoms with Gasteiger partial charge >= 0.3 is 11.9 Å². The van der Waals surface area contributed by atoms with E-state index in [9.17, 15) is 19.2 Å². The summed E-state index contributed by atoms with van der Waals surface area (Å²) in [5.41, 5.74) is -4.34. The number of hydrogen-bond acceptors (Lipinski definition) is 7. The lowest BCUT2D eigenvalue weighted by Gasteiger charge is -2.58. The molecule has 7 heteroatoms. The molecule has 308 valence electrons. The molecule has 0 aromatic rings. The van der Waals surface area contributed by atoms with Gasteiger partial charge in [0.25, 0.3) is 0 Å². The predicted molar refractivity (Wildman–Crippen MR) is 219 cm³/mol. The molecule has 6 fully saturated rings. The molecule has 0 N–H and O–H groups in total. The lowest BCUT2D eigenvalue weighted by Crippen LogP contribution is -2.52. The Balaban J connectivity index is 1.36. The van der Waals surface area contributed by atoms with Gasteiger partial charge in [0.1, 0.15) is 5.78 Å². The normalized spacial score (nSPS) is 36.7. The second kappa shape index (κ2) is 17.4. The first-order valence-electron chi connectivity index (χ1n) is 22.7. The number of esters is 2. The highest BCUT2D eigenvalue weighted by molar-refractivity contribution is 5.95. The van der Waals surface area contributed by atoms with Crippen LogP contribution in [-0.2, 0) is 33.4 Å². The van der Waals surface area contributed by atoms with Crippen molar-refractivity contribution in [3.05, 3.63) is 48.6 Å². The predicted octanol–water partition coefficient (Wildman–Crippen LogP) is 11.2. The van der Waals surface area contributed by atoms with Gasteiger partial charge < -0.3 is 9.47 Å².